The SMILES string of the molecule is C=CCN(CC(=O)OCC)C(=O)c1c(F)cc(F)cc1F. The highest BCUT2D eigenvalue weighted by Gasteiger charge is 2.25. The van der Waals surface area contributed by atoms with Crippen LogP contribution in [0.2, 0.25) is 0 Å². The molecule has 0 aliphatic heterocycles. The first kappa shape index (κ1) is 16.7. The van der Waals surface area contributed by atoms with Gasteiger partial charge in [-0.15, -0.1) is 6.58 Å². The smallest absolute Gasteiger partial charge is 0.325 e. The standard InChI is InChI=1S/C14H14F3NO3/c1-3-5-18(8-12(19)21-4-2)14(20)13-10(16)6-9(15)7-11(13)17/h3,6-7H,1,4-5,8H2,2H3. The van der Waals surface area contributed by atoms with E-state index in [-0.39, 0.29) is 13.2 Å². The number of benzene rings is 1. The molecule has 1 rings (SSSR count). The summed E-state index contributed by atoms with van der Waals surface area (Å²) in [4.78, 5) is 24.3. The van der Waals surface area contributed by atoms with E-state index in [0.29, 0.717) is 12.1 Å². The molecule has 0 aromatic heterocycles. The largest absolute Gasteiger partial charge is 0.465 e. The van der Waals surface area contributed by atoms with Crippen molar-refractivity contribution < 1.29 is 27.5 Å². The lowest BCUT2D eigenvalue weighted by Crippen LogP contribution is -2.37. The Labute approximate surface area is 119 Å². The molecule has 0 saturated carbocycles. The second-order valence-corrected chi connectivity index (χ2v) is 4.02. The van der Waals surface area contributed by atoms with Gasteiger partial charge in [-0.1, -0.05) is 6.08 Å². The molecule has 1 aromatic carbocycles. The van der Waals surface area contributed by atoms with Gasteiger partial charge >= 0.3 is 5.97 Å². The van der Waals surface area contributed by atoms with Gasteiger partial charge in [0, 0.05) is 18.7 Å². The molecule has 0 radical (unpaired) electrons. The van der Waals surface area contributed by atoms with Gasteiger partial charge in [-0.05, 0) is 6.92 Å². The van der Waals surface area contributed by atoms with Gasteiger partial charge in [-0.25, -0.2) is 13.2 Å². The Morgan fingerprint density at radius 3 is 2.33 bits per heavy atom. The second kappa shape index (κ2) is 7.47. The first-order valence-corrected chi connectivity index (χ1v) is 6.11. The number of rotatable bonds is 6. The lowest BCUT2D eigenvalue weighted by atomic mass is 10.1. The minimum absolute atomic E-state index is 0.105. The summed E-state index contributed by atoms with van der Waals surface area (Å²) >= 11 is 0. The van der Waals surface area contributed by atoms with Crippen LogP contribution in [0.1, 0.15) is 17.3 Å². The number of hydrogen-bond acceptors (Lipinski definition) is 3. The van der Waals surface area contributed by atoms with Crippen LogP contribution in [0.15, 0.2) is 24.8 Å². The van der Waals surface area contributed by atoms with E-state index in [0.717, 1.165) is 4.90 Å². The lowest BCUT2D eigenvalue weighted by Gasteiger charge is -2.20. The minimum Gasteiger partial charge on any atom is -0.465 e. The first-order valence-electron chi connectivity index (χ1n) is 6.11. The van der Waals surface area contributed by atoms with Crippen LogP contribution < -0.4 is 0 Å². The fourth-order valence-electron chi connectivity index (χ4n) is 1.64. The summed E-state index contributed by atoms with van der Waals surface area (Å²) in [6, 6.07) is 0.791. The lowest BCUT2D eigenvalue weighted by molar-refractivity contribution is -0.143. The molecule has 1 aromatic rings. The van der Waals surface area contributed by atoms with Crippen molar-refractivity contribution in [3.8, 4) is 0 Å². The summed E-state index contributed by atoms with van der Waals surface area (Å²) in [5.41, 5.74) is -0.928. The molecule has 4 nitrogen and oxygen atoms in total. The van der Waals surface area contributed by atoms with Crippen LogP contribution in [0, 0.1) is 17.5 Å². The van der Waals surface area contributed by atoms with Crippen molar-refractivity contribution >= 4 is 11.9 Å². The Morgan fingerprint density at radius 2 is 1.86 bits per heavy atom. The van der Waals surface area contributed by atoms with E-state index in [1.165, 1.54) is 6.08 Å². The molecule has 7 heteroatoms. The first-order chi connectivity index (χ1) is 9.90. The maximum atomic E-state index is 13.6. The number of carbonyl (C=O) groups excluding carboxylic acids is 2. The monoisotopic (exact) mass is 301 g/mol. The van der Waals surface area contributed by atoms with Crippen molar-refractivity contribution in [1.29, 1.82) is 0 Å². The third-order valence-electron chi connectivity index (χ3n) is 2.48. The fourth-order valence-corrected chi connectivity index (χ4v) is 1.64. The van der Waals surface area contributed by atoms with E-state index in [9.17, 15) is 22.8 Å². The minimum atomic E-state index is -1.34. The Morgan fingerprint density at radius 1 is 1.29 bits per heavy atom. The Hall–Kier alpha value is -2.31. The van der Waals surface area contributed by atoms with Crippen molar-refractivity contribution in [3.63, 3.8) is 0 Å². The number of nitrogens with zero attached hydrogens (tertiary/aromatic N) is 1. The number of ether oxygens (including phenoxy) is 1. The molecule has 0 spiro atoms. The second-order valence-electron chi connectivity index (χ2n) is 4.02. The third-order valence-corrected chi connectivity index (χ3v) is 2.48. The van der Waals surface area contributed by atoms with Crippen LogP contribution in [-0.2, 0) is 9.53 Å². The predicted octanol–water partition coefficient (Wildman–Crippen LogP) is 2.30. The van der Waals surface area contributed by atoms with Crippen molar-refractivity contribution in [1.82, 2.24) is 4.90 Å². The van der Waals surface area contributed by atoms with Crippen LogP contribution >= 0.6 is 0 Å². The molecule has 0 unspecified atom stereocenters. The molecule has 0 saturated heterocycles. The molecule has 0 bridgehead atoms. The summed E-state index contributed by atoms with van der Waals surface area (Å²) in [7, 11) is 0. The van der Waals surface area contributed by atoms with Crippen LogP contribution in [0.4, 0.5) is 13.2 Å². The van der Waals surface area contributed by atoms with Crippen LogP contribution in [-0.4, -0.2) is 36.5 Å². The van der Waals surface area contributed by atoms with Crippen LogP contribution in [0.25, 0.3) is 0 Å². The van der Waals surface area contributed by atoms with E-state index >= 15 is 0 Å². The highest BCUT2D eigenvalue weighted by atomic mass is 19.1. The number of hydrogen-bond donors (Lipinski definition) is 0. The van der Waals surface area contributed by atoms with Crippen molar-refractivity contribution in [2.75, 3.05) is 19.7 Å². The van der Waals surface area contributed by atoms with E-state index in [2.05, 4.69) is 11.3 Å². The number of halogens is 3. The third kappa shape index (κ3) is 4.34. The van der Waals surface area contributed by atoms with Crippen LogP contribution in [0.5, 0.6) is 0 Å². The highest BCUT2D eigenvalue weighted by molar-refractivity contribution is 5.96. The van der Waals surface area contributed by atoms with Crippen molar-refractivity contribution in [3.05, 3.63) is 47.8 Å². The Balaban J connectivity index is 3.06. The zero-order valence-electron chi connectivity index (χ0n) is 11.4. The average molecular weight is 301 g/mol. The molecule has 0 heterocycles. The molecule has 21 heavy (non-hydrogen) atoms. The van der Waals surface area contributed by atoms with Crippen molar-refractivity contribution in [2.24, 2.45) is 0 Å². The quantitative estimate of drug-likeness (QED) is 0.598. The molecular formula is C14H14F3NO3. The summed E-state index contributed by atoms with van der Waals surface area (Å²) in [5.74, 6) is -5.62. The zero-order chi connectivity index (χ0) is 16.0. The van der Waals surface area contributed by atoms with Gasteiger partial charge in [-0.3, -0.25) is 9.59 Å². The highest BCUT2D eigenvalue weighted by Crippen LogP contribution is 2.17. The maximum Gasteiger partial charge on any atom is 0.325 e. The Bertz CT molecular complexity index is 537. The van der Waals surface area contributed by atoms with E-state index in [1.54, 1.807) is 6.92 Å². The zero-order valence-corrected chi connectivity index (χ0v) is 11.4. The van der Waals surface area contributed by atoms with Gasteiger partial charge < -0.3 is 9.64 Å². The normalized spacial score (nSPS) is 10.1. The molecule has 114 valence electrons. The summed E-state index contributed by atoms with van der Waals surface area (Å²) in [5, 5.41) is 0. The van der Waals surface area contributed by atoms with Gasteiger partial charge in [0.25, 0.3) is 5.91 Å². The molecule has 0 aliphatic carbocycles. The summed E-state index contributed by atoms with van der Waals surface area (Å²) in [6.45, 7) is 4.47. The van der Waals surface area contributed by atoms with E-state index in [4.69, 9.17) is 0 Å². The predicted molar refractivity (Wildman–Crippen MR) is 69.0 cm³/mol. The van der Waals surface area contributed by atoms with Gasteiger partial charge in [-0.2, -0.15) is 0 Å². The molecule has 0 atom stereocenters. The van der Waals surface area contributed by atoms with Crippen molar-refractivity contribution in [2.45, 2.75) is 6.92 Å². The molecule has 0 aliphatic rings. The molecular weight excluding hydrogens is 287 g/mol. The van der Waals surface area contributed by atoms with Gasteiger partial charge in [0.05, 0.1) is 6.61 Å². The Kier molecular flexibility index (Phi) is 5.95. The fraction of sp³-hybridized carbons (Fsp3) is 0.286. The van der Waals surface area contributed by atoms with Crippen LogP contribution in [0.3, 0.4) is 0 Å². The summed E-state index contributed by atoms with van der Waals surface area (Å²) in [6.07, 6.45) is 1.29. The number of carbonyl (C=O) groups is 2. The topological polar surface area (TPSA) is 46.6 Å². The number of amides is 1. The maximum absolute atomic E-state index is 13.6. The van der Waals surface area contributed by atoms with E-state index in [1.807, 2.05) is 0 Å². The van der Waals surface area contributed by atoms with E-state index < -0.39 is 41.4 Å². The average Bonchev–Trinajstić information content (AvgIpc) is 2.37. The molecule has 1 amide bonds. The number of esters is 1. The van der Waals surface area contributed by atoms with Gasteiger partial charge in [0.15, 0.2) is 0 Å². The molecule has 0 fully saturated rings. The molecule has 0 N–H and O–H groups in total. The van der Waals surface area contributed by atoms with Gasteiger partial charge in [0.2, 0.25) is 0 Å². The van der Waals surface area contributed by atoms with Gasteiger partial charge in [0.1, 0.15) is 29.6 Å². The summed E-state index contributed by atoms with van der Waals surface area (Å²) < 4.78 is 44.7.